The van der Waals surface area contributed by atoms with Gasteiger partial charge in [0.1, 0.15) is 0 Å². The molecule has 36 heavy (non-hydrogen) atoms. The molecule has 1 N–H and O–H groups in total. The Morgan fingerprint density at radius 1 is 1.08 bits per heavy atom. The zero-order valence-corrected chi connectivity index (χ0v) is 21.1. The molecule has 0 bridgehead atoms. The molecule has 1 aliphatic heterocycles. The van der Waals surface area contributed by atoms with Crippen molar-refractivity contribution >= 4 is 12.0 Å². The number of alkyl halides is 3. The van der Waals surface area contributed by atoms with E-state index in [0.717, 1.165) is 57.3 Å². The zero-order valence-electron chi connectivity index (χ0n) is 21.1. The predicted octanol–water partition coefficient (Wildman–Crippen LogP) is 6.58. The van der Waals surface area contributed by atoms with E-state index in [4.69, 9.17) is 0 Å². The first kappa shape index (κ1) is 25.1. The van der Waals surface area contributed by atoms with Gasteiger partial charge in [-0.25, -0.2) is 0 Å². The summed E-state index contributed by atoms with van der Waals surface area (Å²) in [6.45, 7) is 6.34. The minimum Gasteiger partial charge on any atom is -0.352 e. The largest absolute Gasteiger partial charge is 0.416 e. The lowest BCUT2D eigenvalue weighted by Gasteiger charge is -2.42. The molecule has 1 saturated heterocycles. The van der Waals surface area contributed by atoms with E-state index < -0.39 is 17.2 Å². The fourth-order valence-corrected chi connectivity index (χ4v) is 6.73. The molecule has 192 valence electrons. The summed E-state index contributed by atoms with van der Waals surface area (Å²) in [6.07, 6.45) is 5.05. The van der Waals surface area contributed by atoms with Crippen LogP contribution in [0.25, 0.3) is 6.08 Å². The Morgan fingerprint density at radius 2 is 1.83 bits per heavy atom. The Hall–Kier alpha value is -2.60. The number of nitrogens with zero attached hydrogens (tertiary/aromatic N) is 1. The van der Waals surface area contributed by atoms with Gasteiger partial charge in [-0.1, -0.05) is 62.4 Å². The van der Waals surface area contributed by atoms with Crippen molar-refractivity contribution in [2.45, 2.75) is 70.1 Å². The topological polar surface area (TPSA) is 32.3 Å². The van der Waals surface area contributed by atoms with Crippen molar-refractivity contribution in [3.63, 3.8) is 0 Å². The van der Waals surface area contributed by atoms with Crippen molar-refractivity contribution in [1.82, 2.24) is 10.2 Å². The fraction of sp³-hybridized carbons (Fsp3) is 0.500. The maximum absolute atomic E-state index is 13.5. The molecule has 1 heterocycles. The van der Waals surface area contributed by atoms with Gasteiger partial charge in [0.25, 0.3) is 0 Å². The number of hydrogen-bond acceptors (Lipinski definition) is 2. The van der Waals surface area contributed by atoms with Crippen LogP contribution in [0.1, 0.15) is 68.2 Å². The van der Waals surface area contributed by atoms with Gasteiger partial charge in [0.2, 0.25) is 5.91 Å². The second-order valence-electron chi connectivity index (χ2n) is 11.2. The van der Waals surface area contributed by atoms with Crippen molar-refractivity contribution in [3.8, 4) is 0 Å². The number of rotatable bonds is 5. The summed E-state index contributed by atoms with van der Waals surface area (Å²) in [7, 11) is 0. The molecule has 1 spiro atoms. The average Bonchev–Trinajstić information content (AvgIpc) is 3.47. The Bertz CT molecular complexity index is 1150. The highest BCUT2D eigenvalue weighted by molar-refractivity contribution is 5.83. The minimum atomic E-state index is -4.39. The summed E-state index contributed by atoms with van der Waals surface area (Å²) in [5, 5.41) is 2.98. The van der Waals surface area contributed by atoms with Crippen LogP contribution in [0.2, 0.25) is 0 Å². The molecule has 2 aromatic rings. The molecule has 2 aliphatic carbocycles. The number of halogens is 3. The first-order chi connectivity index (χ1) is 17.1. The number of carbonyl (C=O) groups excluding carboxylic acids is 1. The lowest BCUT2D eigenvalue weighted by molar-refractivity contribution is -0.137. The van der Waals surface area contributed by atoms with Crippen LogP contribution in [0, 0.1) is 11.3 Å². The molecule has 2 atom stereocenters. The number of allylic oxidation sites excluding steroid dienone is 1. The van der Waals surface area contributed by atoms with Crippen molar-refractivity contribution < 1.29 is 18.0 Å². The predicted molar refractivity (Wildman–Crippen MR) is 136 cm³/mol. The Labute approximate surface area is 211 Å². The van der Waals surface area contributed by atoms with E-state index in [0.29, 0.717) is 11.6 Å². The molecule has 0 radical (unpaired) electrons. The Kier molecular flexibility index (Phi) is 6.52. The number of piperidine rings is 1. The number of likely N-dealkylation sites (tertiary alicyclic amines) is 1. The van der Waals surface area contributed by atoms with Gasteiger partial charge >= 0.3 is 6.18 Å². The van der Waals surface area contributed by atoms with Crippen LogP contribution >= 0.6 is 0 Å². The van der Waals surface area contributed by atoms with Gasteiger partial charge in [0.15, 0.2) is 0 Å². The third kappa shape index (κ3) is 4.49. The normalized spacial score (nSPS) is 25.4. The van der Waals surface area contributed by atoms with Crippen molar-refractivity contribution in [1.29, 1.82) is 0 Å². The fourth-order valence-electron chi connectivity index (χ4n) is 6.73. The van der Waals surface area contributed by atoms with Crippen LogP contribution in [0.3, 0.4) is 0 Å². The van der Waals surface area contributed by atoms with Crippen LogP contribution in [0.4, 0.5) is 13.2 Å². The van der Waals surface area contributed by atoms with Gasteiger partial charge in [-0.05, 0) is 79.9 Å². The summed E-state index contributed by atoms with van der Waals surface area (Å²) >= 11 is 0. The second-order valence-corrected chi connectivity index (χ2v) is 11.2. The molecule has 2 unspecified atom stereocenters. The van der Waals surface area contributed by atoms with Crippen LogP contribution in [-0.4, -0.2) is 29.9 Å². The highest BCUT2D eigenvalue weighted by Crippen LogP contribution is 2.49. The molecular formula is C30H35F3N2O. The first-order valence-corrected chi connectivity index (χ1v) is 13.1. The van der Waals surface area contributed by atoms with E-state index in [1.165, 1.54) is 17.2 Å². The van der Waals surface area contributed by atoms with Crippen molar-refractivity contribution in [3.05, 3.63) is 76.9 Å². The molecule has 5 rings (SSSR count). The standard InChI is InChI=1S/C30H35F3N2O/c1-21(2)29(27(36)34-20-22-6-5-8-24(18-22)30(31,32)33)13-11-25(19-29)35-16-14-28(15-17-35)12-10-23-7-3-4-9-26(23)28/h3-10,12,18,21,25H,11,13-17,19-20H2,1-2H3,(H,34,36). The summed E-state index contributed by atoms with van der Waals surface area (Å²) < 4.78 is 39.2. The van der Waals surface area contributed by atoms with Crippen LogP contribution in [0.15, 0.2) is 54.6 Å². The van der Waals surface area contributed by atoms with E-state index in [1.807, 2.05) is 0 Å². The van der Waals surface area contributed by atoms with E-state index in [2.05, 4.69) is 60.5 Å². The Morgan fingerprint density at radius 3 is 2.56 bits per heavy atom. The minimum absolute atomic E-state index is 0.0291. The molecule has 3 nitrogen and oxygen atoms in total. The van der Waals surface area contributed by atoms with Gasteiger partial charge in [-0.15, -0.1) is 0 Å². The summed E-state index contributed by atoms with van der Waals surface area (Å²) in [5.74, 6) is 0.128. The molecule has 1 amide bonds. The maximum Gasteiger partial charge on any atom is 0.416 e. The molecule has 2 aromatic carbocycles. The summed E-state index contributed by atoms with van der Waals surface area (Å²) in [6, 6.07) is 14.3. The van der Waals surface area contributed by atoms with Gasteiger partial charge in [0.05, 0.1) is 11.0 Å². The van der Waals surface area contributed by atoms with E-state index >= 15 is 0 Å². The summed E-state index contributed by atoms with van der Waals surface area (Å²) in [5.41, 5.74) is 2.23. The van der Waals surface area contributed by atoms with Crippen molar-refractivity contribution in [2.24, 2.45) is 11.3 Å². The average molecular weight is 497 g/mol. The lowest BCUT2D eigenvalue weighted by Crippen LogP contribution is -2.47. The maximum atomic E-state index is 13.5. The van der Waals surface area contributed by atoms with Gasteiger partial charge in [-0.2, -0.15) is 13.2 Å². The second kappa shape index (κ2) is 9.37. The Balaban J connectivity index is 1.22. The summed E-state index contributed by atoms with van der Waals surface area (Å²) in [4.78, 5) is 16.0. The highest BCUT2D eigenvalue weighted by Gasteiger charge is 2.50. The quantitative estimate of drug-likeness (QED) is 0.507. The van der Waals surface area contributed by atoms with Crippen molar-refractivity contribution in [2.75, 3.05) is 13.1 Å². The number of amides is 1. The molecular weight excluding hydrogens is 461 g/mol. The van der Waals surface area contributed by atoms with Crippen LogP contribution in [0.5, 0.6) is 0 Å². The number of hydrogen-bond donors (Lipinski definition) is 1. The lowest BCUT2D eigenvalue weighted by atomic mass is 9.73. The molecule has 0 aromatic heterocycles. The monoisotopic (exact) mass is 496 g/mol. The van der Waals surface area contributed by atoms with Gasteiger partial charge in [0, 0.05) is 18.0 Å². The smallest absolute Gasteiger partial charge is 0.352 e. The van der Waals surface area contributed by atoms with Gasteiger partial charge in [-0.3, -0.25) is 4.79 Å². The number of nitrogens with one attached hydrogen (secondary N) is 1. The molecule has 1 saturated carbocycles. The SMILES string of the molecule is CC(C)C1(C(=O)NCc2cccc(C(F)(F)F)c2)CCC(N2CCC3(C=Cc4ccccc43)CC2)C1. The third-order valence-electron chi connectivity index (χ3n) is 9.07. The molecule has 6 heteroatoms. The molecule has 2 fully saturated rings. The zero-order chi connectivity index (χ0) is 25.6. The van der Waals surface area contributed by atoms with E-state index in [-0.39, 0.29) is 23.8 Å². The highest BCUT2D eigenvalue weighted by atomic mass is 19.4. The first-order valence-electron chi connectivity index (χ1n) is 13.1. The number of fused-ring (bicyclic) bond motifs is 2. The number of carbonyl (C=O) groups is 1. The van der Waals surface area contributed by atoms with Gasteiger partial charge < -0.3 is 10.2 Å². The van der Waals surface area contributed by atoms with E-state index in [1.54, 1.807) is 6.07 Å². The molecule has 3 aliphatic rings. The van der Waals surface area contributed by atoms with Crippen LogP contribution in [-0.2, 0) is 22.9 Å². The third-order valence-corrected chi connectivity index (χ3v) is 9.07. The van der Waals surface area contributed by atoms with Crippen LogP contribution < -0.4 is 5.32 Å². The van der Waals surface area contributed by atoms with E-state index in [9.17, 15) is 18.0 Å². The number of benzene rings is 2.